The van der Waals surface area contributed by atoms with Crippen LogP contribution in [0.4, 0.5) is 5.13 Å². The Morgan fingerprint density at radius 3 is 2.56 bits per heavy atom. The van der Waals surface area contributed by atoms with Crippen molar-refractivity contribution in [2.45, 2.75) is 17.7 Å². The molecule has 1 aromatic carbocycles. The Labute approximate surface area is 148 Å². The molecule has 1 heterocycles. The Hall–Kier alpha value is -2.26. The third-order valence-electron chi connectivity index (χ3n) is 4.10. The Morgan fingerprint density at radius 1 is 1.24 bits per heavy atom. The second-order valence-electron chi connectivity index (χ2n) is 5.90. The second kappa shape index (κ2) is 6.57. The van der Waals surface area contributed by atoms with Gasteiger partial charge in [0, 0.05) is 6.26 Å². The van der Waals surface area contributed by atoms with E-state index >= 15 is 0 Å². The summed E-state index contributed by atoms with van der Waals surface area (Å²) in [6, 6.07) is 4.57. The van der Waals surface area contributed by atoms with Gasteiger partial charge in [-0.15, -0.1) is 0 Å². The number of anilines is 1. The lowest BCUT2D eigenvalue weighted by Crippen LogP contribution is -2.34. The number of fused-ring (bicyclic) bond motifs is 1. The van der Waals surface area contributed by atoms with Crippen molar-refractivity contribution in [2.24, 2.45) is 11.8 Å². The zero-order valence-electron chi connectivity index (χ0n) is 13.3. The molecule has 2 atom stereocenters. The number of carboxylic acid groups (broad SMARTS) is 1. The van der Waals surface area contributed by atoms with Crippen molar-refractivity contribution in [2.75, 3.05) is 11.6 Å². The van der Waals surface area contributed by atoms with Gasteiger partial charge in [0.15, 0.2) is 15.0 Å². The standard InChI is InChI=1S/C16H16N2O5S2/c1-25(22,23)9-6-7-12-13(8-9)24-16(17-12)18-14(19)10-4-2-3-5-11(10)15(20)21/h2-3,6-8,10-11H,4-5H2,1H3,(H,20,21)(H,17,18,19)/t10-,11+/m1/s1. The molecule has 7 nitrogen and oxygen atoms in total. The van der Waals surface area contributed by atoms with Crippen molar-refractivity contribution < 1.29 is 23.1 Å². The van der Waals surface area contributed by atoms with Crippen LogP contribution < -0.4 is 5.32 Å². The number of aromatic nitrogens is 1. The number of aliphatic carboxylic acids is 1. The number of hydrogen-bond acceptors (Lipinski definition) is 6. The van der Waals surface area contributed by atoms with Crippen molar-refractivity contribution in [1.29, 1.82) is 0 Å². The molecule has 1 aromatic heterocycles. The second-order valence-corrected chi connectivity index (χ2v) is 8.95. The van der Waals surface area contributed by atoms with Gasteiger partial charge in [-0.25, -0.2) is 13.4 Å². The molecule has 0 radical (unpaired) electrons. The molecular formula is C16H16N2O5S2. The highest BCUT2D eigenvalue weighted by Crippen LogP contribution is 2.31. The molecule has 0 spiro atoms. The molecule has 2 aromatic rings. The van der Waals surface area contributed by atoms with E-state index in [1.165, 1.54) is 12.1 Å². The lowest BCUT2D eigenvalue weighted by atomic mass is 9.82. The first-order valence-corrected chi connectivity index (χ1v) is 10.3. The van der Waals surface area contributed by atoms with E-state index in [2.05, 4.69) is 10.3 Å². The van der Waals surface area contributed by atoms with E-state index in [9.17, 15) is 23.1 Å². The van der Waals surface area contributed by atoms with Crippen LogP contribution in [0.25, 0.3) is 10.2 Å². The van der Waals surface area contributed by atoms with Gasteiger partial charge in [-0.05, 0) is 31.0 Å². The highest BCUT2D eigenvalue weighted by atomic mass is 32.2. The number of hydrogen-bond donors (Lipinski definition) is 2. The summed E-state index contributed by atoms with van der Waals surface area (Å²) in [7, 11) is -3.32. The molecule has 2 N–H and O–H groups in total. The third kappa shape index (κ3) is 3.72. The number of sulfone groups is 1. The largest absolute Gasteiger partial charge is 0.481 e. The lowest BCUT2D eigenvalue weighted by molar-refractivity contribution is -0.146. The van der Waals surface area contributed by atoms with Gasteiger partial charge in [-0.1, -0.05) is 23.5 Å². The van der Waals surface area contributed by atoms with Crippen LogP contribution in [-0.2, 0) is 19.4 Å². The third-order valence-corrected chi connectivity index (χ3v) is 6.15. The number of carbonyl (C=O) groups is 2. The smallest absolute Gasteiger partial charge is 0.307 e. The monoisotopic (exact) mass is 380 g/mol. The predicted molar refractivity (Wildman–Crippen MR) is 94.3 cm³/mol. The van der Waals surface area contributed by atoms with Gasteiger partial charge in [-0.3, -0.25) is 9.59 Å². The summed E-state index contributed by atoms with van der Waals surface area (Å²) >= 11 is 1.16. The van der Waals surface area contributed by atoms with Gasteiger partial charge in [0.1, 0.15) is 0 Å². The van der Waals surface area contributed by atoms with Crippen molar-refractivity contribution in [3.8, 4) is 0 Å². The van der Waals surface area contributed by atoms with E-state index in [1.54, 1.807) is 18.2 Å². The summed E-state index contributed by atoms with van der Waals surface area (Å²) in [5.41, 5.74) is 0.575. The topological polar surface area (TPSA) is 113 Å². The SMILES string of the molecule is CS(=O)(=O)c1ccc2nc(NC(=O)[C@@H]3CC=CC[C@@H]3C(=O)O)sc2c1. The van der Waals surface area contributed by atoms with E-state index in [-0.39, 0.29) is 10.8 Å². The maximum absolute atomic E-state index is 12.4. The number of thiazole rings is 1. The van der Waals surface area contributed by atoms with E-state index in [1.807, 2.05) is 0 Å². The molecule has 132 valence electrons. The minimum atomic E-state index is -3.32. The number of amides is 1. The summed E-state index contributed by atoms with van der Waals surface area (Å²) in [6.07, 6.45) is 5.39. The average Bonchev–Trinajstić information content (AvgIpc) is 2.95. The zero-order valence-corrected chi connectivity index (χ0v) is 14.9. The average molecular weight is 380 g/mol. The van der Waals surface area contributed by atoms with Crippen LogP contribution in [0.1, 0.15) is 12.8 Å². The molecule has 1 aliphatic carbocycles. The van der Waals surface area contributed by atoms with Crippen LogP contribution in [0.5, 0.6) is 0 Å². The van der Waals surface area contributed by atoms with Crippen molar-refractivity contribution in [1.82, 2.24) is 4.98 Å². The first-order valence-electron chi connectivity index (χ1n) is 7.55. The Bertz CT molecular complexity index is 978. The van der Waals surface area contributed by atoms with Gasteiger partial charge in [0.05, 0.1) is 26.9 Å². The fourth-order valence-electron chi connectivity index (χ4n) is 2.76. The number of nitrogens with zero attached hydrogens (tertiary/aromatic N) is 1. The molecule has 0 saturated heterocycles. The van der Waals surface area contributed by atoms with Crippen molar-refractivity contribution in [3.05, 3.63) is 30.4 Å². The Balaban J connectivity index is 1.84. The quantitative estimate of drug-likeness (QED) is 0.787. The summed E-state index contributed by atoms with van der Waals surface area (Å²) in [5.74, 6) is -2.79. The fourth-order valence-corrected chi connectivity index (χ4v) is 4.39. The van der Waals surface area contributed by atoms with Gasteiger partial charge in [-0.2, -0.15) is 0 Å². The molecule has 3 rings (SSSR count). The number of rotatable bonds is 4. The summed E-state index contributed by atoms with van der Waals surface area (Å²) in [4.78, 5) is 28.2. The molecule has 1 aliphatic rings. The van der Waals surface area contributed by atoms with Crippen LogP contribution in [0.15, 0.2) is 35.2 Å². The molecule has 0 bridgehead atoms. The van der Waals surface area contributed by atoms with Gasteiger partial charge < -0.3 is 10.4 Å². The predicted octanol–water partition coefficient (Wildman–Crippen LogP) is 2.31. The summed E-state index contributed by atoms with van der Waals surface area (Å²) in [5, 5.41) is 12.3. The number of benzene rings is 1. The van der Waals surface area contributed by atoms with Gasteiger partial charge in [0.25, 0.3) is 0 Å². The molecule has 0 fully saturated rings. The van der Waals surface area contributed by atoms with E-state index < -0.39 is 27.6 Å². The fraction of sp³-hybridized carbons (Fsp3) is 0.312. The lowest BCUT2D eigenvalue weighted by Gasteiger charge is -2.23. The minimum absolute atomic E-state index is 0.185. The molecule has 0 saturated carbocycles. The molecule has 0 aliphatic heterocycles. The van der Waals surface area contributed by atoms with Gasteiger partial charge >= 0.3 is 5.97 Å². The van der Waals surface area contributed by atoms with E-state index in [0.29, 0.717) is 28.2 Å². The highest BCUT2D eigenvalue weighted by Gasteiger charge is 2.34. The van der Waals surface area contributed by atoms with Crippen LogP contribution in [0.2, 0.25) is 0 Å². The first kappa shape index (κ1) is 17.6. The van der Waals surface area contributed by atoms with Gasteiger partial charge in [0.2, 0.25) is 5.91 Å². The highest BCUT2D eigenvalue weighted by molar-refractivity contribution is 7.90. The number of allylic oxidation sites excluding steroid dienone is 2. The van der Waals surface area contributed by atoms with Crippen LogP contribution in [0, 0.1) is 11.8 Å². The first-order chi connectivity index (χ1) is 11.8. The van der Waals surface area contributed by atoms with Crippen LogP contribution in [0.3, 0.4) is 0 Å². The van der Waals surface area contributed by atoms with Crippen LogP contribution >= 0.6 is 11.3 Å². The van der Waals surface area contributed by atoms with E-state index in [0.717, 1.165) is 17.6 Å². The van der Waals surface area contributed by atoms with Crippen molar-refractivity contribution in [3.63, 3.8) is 0 Å². The minimum Gasteiger partial charge on any atom is -0.481 e. The molecular weight excluding hydrogens is 364 g/mol. The summed E-state index contributed by atoms with van der Waals surface area (Å²) < 4.78 is 23.9. The molecule has 9 heteroatoms. The molecule has 25 heavy (non-hydrogen) atoms. The number of carboxylic acids is 1. The number of carbonyl (C=O) groups excluding carboxylic acids is 1. The van der Waals surface area contributed by atoms with Crippen molar-refractivity contribution >= 4 is 48.4 Å². The normalized spacial score (nSPS) is 20.5. The van der Waals surface area contributed by atoms with E-state index in [4.69, 9.17) is 0 Å². The number of nitrogens with one attached hydrogen (secondary N) is 1. The molecule has 0 unspecified atom stereocenters. The summed E-state index contributed by atoms with van der Waals surface area (Å²) in [6.45, 7) is 0. The van der Waals surface area contributed by atoms with Crippen LogP contribution in [-0.4, -0.2) is 36.6 Å². The molecule has 1 amide bonds. The Kier molecular flexibility index (Phi) is 4.61. The maximum Gasteiger partial charge on any atom is 0.307 e. The maximum atomic E-state index is 12.4. The zero-order chi connectivity index (χ0) is 18.2. The Morgan fingerprint density at radius 2 is 1.92 bits per heavy atom.